The van der Waals surface area contributed by atoms with E-state index in [9.17, 15) is 18.8 Å². The van der Waals surface area contributed by atoms with E-state index in [4.69, 9.17) is 0 Å². The quantitative estimate of drug-likeness (QED) is 0.492. The summed E-state index contributed by atoms with van der Waals surface area (Å²) >= 11 is 0. The van der Waals surface area contributed by atoms with Gasteiger partial charge in [-0.15, -0.1) is 0 Å². The number of benzene rings is 2. The van der Waals surface area contributed by atoms with Gasteiger partial charge in [-0.25, -0.2) is 14.1 Å². The fourth-order valence-electron chi connectivity index (χ4n) is 3.22. The number of halogens is 1. The van der Waals surface area contributed by atoms with Crippen LogP contribution in [-0.2, 0) is 9.59 Å². The van der Waals surface area contributed by atoms with Gasteiger partial charge in [-0.1, -0.05) is 29.8 Å². The fraction of sp³-hybridized carbons (Fsp3) is 0.0870. The molecule has 156 valence electrons. The lowest BCUT2D eigenvalue weighted by molar-refractivity contribution is -0.127. The lowest BCUT2D eigenvalue weighted by Gasteiger charge is -2.12. The summed E-state index contributed by atoms with van der Waals surface area (Å²) in [6.07, 6.45) is 3.10. The van der Waals surface area contributed by atoms with Crippen molar-refractivity contribution >= 4 is 29.6 Å². The van der Waals surface area contributed by atoms with Gasteiger partial charge in [0.15, 0.2) is 0 Å². The van der Waals surface area contributed by atoms with Gasteiger partial charge in [-0.3, -0.25) is 9.59 Å². The molecule has 1 saturated heterocycles. The Labute approximate surface area is 177 Å². The van der Waals surface area contributed by atoms with Crippen LogP contribution in [0.1, 0.15) is 11.3 Å². The molecule has 1 aromatic heterocycles. The topological polar surface area (TPSA) is 83.4 Å². The van der Waals surface area contributed by atoms with Crippen LogP contribution in [-0.4, -0.2) is 33.9 Å². The standard InChI is InChI=1S/C23H19FN4O3/c1-15-8-10-16(11-9-15)25-21(29)14-28-22(30)19(26-23(28)31)13-17-5-4-12-27(17)20-7-3-2-6-18(20)24/h2-13H,14H2,1H3,(H,25,29)(H,26,31). The van der Waals surface area contributed by atoms with Gasteiger partial charge in [-0.05, 0) is 49.4 Å². The second-order valence-electron chi connectivity index (χ2n) is 7.05. The molecule has 8 heteroatoms. The molecule has 3 aromatic rings. The van der Waals surface area contributed by atoms with E-state index in [-0.39, 0.29) is 5.70 Å². The number of urea groups is 1. The van der Waals surface area contributed by atoms with E-state index < -0.39 is 30.2 Å². The molecule has 4 amide bonds. The number of nitrogens with zero attached hydrogens (tertiary/aromatic N) is 2. The number of imide groups is 1. The van der Waals surface area contributed by atoms with Gasteiger partial charge in [0.05, 0.1) is 5.69 Å². The summed E-state index contributed by atoms with van der Waals surface area (Å²) in [6, 6.07) is 16.1. The van der Waals surface area contributed by atoms with Crippen LogP contribution in [0.3, 0.4) is 0 Å². The average molecular weight is 418 g/mol. The Hall–Kier alpha value is -4.20. The predicted molar refractivity (Wildman–Crippen MR) is 114 cm³/mol. The Morgan fingerprint density at radius 2 is 1.81 bits per heavy atom. The number of nitrogens with one attached hydrogen (secondary N) is 2. The molecule has 2 heterocycles. The molecule has 0 unspecified atom stereocenters. The number of amides is 4. The Morgan fingerprint density at radius 3 is 2.55 bits per heavy atom. The summed E-state index contributed by atoms with van der Waals surface area (Å²) in [6.45, 7) is 1.50. The van der Waals surface area contributed by atoms with E-state index in [0.29, 0.717) is 17.1 Å². The molecule has 0 radical (unpaired) electrons. The lowest BCUT2D eigenvalue weighted by Crippen LogP contribution is -2.38. The minimum absolute atomic E-state index is 0.00410. The third-order valence-electron chi connectivity index (χ3n) is 4.78. The van der Waals surface area contributed by atoms with Crippen molar-refractivity contribution in [2.45, 2.75) is 6.92 Å². The molecule has 31 heavy (non-hydrogen) atoms. The molecule has 7 nitrogen and oxygen atoms in total. The zero-order valence-electron chi connectivity index (χ0n) is 16.6. The molecule has 1 aliphatic heterocycles. The Morgan fingerprint density at radius 1 is 1.06 bits per heavy atom. The van der Waals surface area contributed by atoms with E-state index in [1.807, 2.05) is 19.1 Å². The van der Waals surface area contributed by atoms with Gasteiger partial charge in [-0.2, -0.15) is 0 Å². The van der Waals surface area contributed by atoms with Crippen molar-refractivity contribution in [1.29, 1.82) is 0 Å². The minimum atomic E-state index is -0.695. The van der Waals surface area contributed by atoms with Gasteiger partial charge in [0, 0.05) is 17.6 Å². The summed E-state index contributed by atoms with van der Waals surface area (Å²) in [4.78, 5) is 38.1. The highest BCUT2D eigenvalue weighted by Crippen LogP contribution is 2.20. The van der Waals surface area contributed by atoms with Crippen molar-refractivity contribution in [2.24, 2.45) is 0 Å². The van der Waals surface area contributed by atoms with Crippen LogP contribution in [0, 0.1) is 12.7 Å². The van der Waals surface area contributed by atoms with Crippen molar-refractivity contribution in [3.63, 3.8) is 0 Å². The largest absolute Gasteiger partial charge is 0.329 e. The summed E-state index contributed by atoms with van der Waals surface area (Å²) in [7, 11) is 0. The third kappa shape index (κ3) is 4.23. The second-order valence-corrected chi connectivity index (χ2v) is 7.05. The molecule has 0 aliphatic carbocycles. The summed E-state index contributed by atoms with van der Waals surface area (Å²) < 4.78 is 15.7. The fourth-order valence-corrected chi connectivity index (χ4v) is 3.22. The molecule has 0 bridgehead atoms. The molecule has 1 aliphatic rings. The Bertz CT molecular complexity index is 1200. The summed E-state index contributed by atoms with van der Waals surface area (Å²) in [5.41, 5.74) is 2.43. The number of para-hydroxylation sites is 1. The van der Waals surface area contributed by atoms with Crippen LogP contribution < -0.4 is 10.6 Å². The van der Waals surface area contributed by atoms with Crippen LogP contribution in [0.2, 0.25) is 0 Å². The zero-order valence-corrected chi connectivity index (χ0v) is 16.6. The van der Waals surface area contributed by atoms with Crippen molar-refractivity contribution in [2.75, 3.05) is 11.9 Å². The van der Waals surface area contributed by atoms with Crippen LogP contribution in [0.5, 0.6) is 0 Å². The van der Waals surface area contributed by atoms with Crippen molar-refractivity contribution in [3.8, 4) is 5.69 Å². The highest BCUT2D eigenvalue weighted by Gasteiger charge is 2.35. The molecule has 0 saturated carbocycles. The highest BCUT2D eigenvalue weighted by atomic mass is 19.1. The van der Waals surface area contributed by atoms with Crippen LogP contribution >= 0.6 is 0 Å². The first-order valence-electron chi connectivity index (χ1n) is 9.56. The van der Waals surface area contributed by atoms with Crippen LogP contribution in [0.25, 0.3) is 11.8 Å². The third-order valence-corrected chi connectivity index (χ3v) is 4.78. The van der Waals surface area contributed by atoms with Crippen LogP contribution in [0.15, 0.2) is 72.6 Å². The highest BCUT2D eigenvalue weighted by molar-refractivity contribution is 6.15. The van der Waals surface area contributed by atoms with E-state index in [1.165, 1.54) is 12.1 Å². The normalized spacial score (nSPS) is 14.8. The molecule has 2 aromatic carbocycles. The number of carbonyl (C=O) groups excluding carboxylic acids is 3. The van der Waals surface area contributed by atoms with Gasteiger partial charge in [0.2, 0.25) is 5.91 Å². The van der Waals surface area contributed by atoms with E-state index >= 15 is 0 Å². The first kappa shape index (κ1) is 20.1. The lowest BCUT2D eigenvalue weighted by atomic mass is 10.2. The molecule has 4 rings (SSSR count). The number of hydrogen-bond donors (Lipinski definition) is 2. The number of rotatable bonds is 5. The number of hydrogen-bond acceptors (Lipinski definition) is 3. The zero-order chi connectivity index (χ0) is 22.0. The maximum atomic E-state index is 14.2. The minimum Gasteiger partial charge on any atom is -0.325 e. The first-order valence-corrected chi connectivity index (χ1v) is 9.56. The maximum Gasteiger partial charge on any atom is 0.329 e. The first-order chi connectivity index (χ1) is 14.9. The molecule has 2 N–H and O–H groups in total. The maximum absolute atomic E-state index is 14.2. The number of aromatic nitrogens is 1. The van der Waals surface area contributed by atoms with Crippen molar-refractivity contribution < 1.29 is 18.8 Å². The van der Waals surface area contributed by atoms with Crippen molar-refractivity contribution in [1.82, 2.24) is 14.8 Å². The van der Waals surface area contributed by atoms with E-state index in [2.05, 4.69) is 10.6 Å². The molecule has 0 atom stereocenters. The van der Waals surface area contributed by atoms with Gasteiger partial charge in [0.25, 0.3) is 5.91 Å². The number of carbonyl (C=O) groups is 3. The molecular formula is C23H19FN4O3. The Kier molecular flexibility index (Phi) is 5.36. The number of aryl methyl sites for hydroxylation is 1. The van der Waals surface area contributed by atoms with Crippen molar-refractivity contribution in [3.05, 3.63) is 89.6 Å². The summed E-state index contributed by atoms with van der Waals surface area (Å²) in [5, 5.41) is 5.13. The molecular weight excluding hydrogens is 399 g/mol. The van der Waals surface area contributed by atoms with Crippen LogP contribution in [0.4, 0.5) is 14.9 Å². The second kappa shape index (κ2) is 8.27. The monoisotopic (exact) mass is 418 g/mol. The van der Waals surface area contributed by atoms with Gasteiger partial charge in [0.1, 0.15) is 18.1 Å². The number of anilines is 1. The van der Waals surface area contributed by atoms with E-state index in [0.717, 1.165) is 10.5 Å². The molecule has 1 fully saturated rings. The van der Waals surface area contributed by atoms with Gasteiger partial charge >= 0.3 is 6.03 Å². The van der Waals surface area contributed by atoms with E-state index in [1.54, 1.807) is 53.2 Å². The smallest absolute Gasteiger partial charge is 0.325 e. The predicted octanol–water partition coefficient (Wildman–Crippen LogP) is 3.46. The SMILES string of the molecule is Cc1ccc(NC(=O)CN2C(=O)NC(=Cc3cccn3-c3ccccc3F)C2=O)cc1. The Balaban J connectivity index is 1.51. The average Bonchev–Trinajstić information content (AvgIpc) is 3.30. The molecule has 0 spiro atoms. The van der Waals surface area contributed by atoms with Gasteiger partial charge < -0.3 is 15.2 Å². The summed E-state index contributed by atoms with van der Waals surface area (Å²) in [5.74, 6) is -1.55.